The molecule has 3 aromatic rings. The van der Waals surface area contributed by atoms with E-state index < -0.39 is 27.2 Å². The molecule has 1 N–H and O–H groups in total. The van der Waals surface area contributed by atoms with E-state index in [4.69, 9.17) is 23.2 Å². The normalized spacial score (nSPS) is 17.3. The highest BCUT2D eigenvalue weighted by Crippen LogP contribution is 2.46. The van der Waals surface area contributed by atoms with Crippen molar-refractivity contribution in [3.05, 3.63) is 81.6 Å². The Labute approximate surface area is 223 Å². The second-order valence-electron chi connectivity index (χ2n) is 9.09. The number of rotatable bonds is 5. The van der Waals surface area contributed by atoms with E-state index in [0.717, 1.165) is 42.9 Å². The predicted octanol–water partition coefficient (Wildman–Crippen LogP) is 4.36. The largest absolute Gasteiger partial charge is 0.345 e. The SMILES string of the molecule is Cc1ccc(S(=O)(=O)N/N=C(/c2c(Cl)cc(F)cc2Cl)N2CCN(c3ncc(F)cn3)CC23CC3)cc1. The molecule has 5 rings (SSSR count). The molecule has 2 heterocycles. The topological polar surface area (TPSA) is 90.8 Å². The number of anilines is 1. The predicted molar refractivity (Wildman–Crippen MR) is 137 cm³/mol. The number of aromatic nitrogens is 2. The van der Waals surface area contributed by atoms with Gasteiger partial charge >= 0.3 is 0 Å². The quantitative estimate of drug-likeness (QED) is 0.280. The minimum atomic E-state index is -4.02. The van der Waals surface area contributed by atoms with Gasteiger partial charge in [0, 0.05) is 19.6 Å². The van der Waals surface area contributed by atoms with Gasteiger partial charge in [0.15, 0.2) is 11.7 Å². The number of halogens is 4. The van der Waals surface area contributed by atoms with E-state index in [0.29, 0.717) is 25.6 Å². The van der Waals surface area contributed by atoms with Crippen molar-refractivity contribution in [2.45, 2.75) is 30.2 Å². The first-order valence-corrected chi connectivity index (χ1v) is 13.6. The lowest BCUT2D eigenvalue weighted by atomic mass is 10.1. The molecule has 0 radical (unpaired) electrons. The Morgan fingerprint density at radius 1 is 1.03 bits per heavy atom. The molecule has 2 aromatic carbocycles. The van der Waals surface area contributed by atoms with Crippen molar-refractivity contribution in [3.63, 3.8) is 0 Å². The molecule has 1 aliphatic carbocycles. The molecule has 1 saturated heterocycles. The zero-order valence-corrected chi connectivity index (χ0v) is 22.0. The number of hydrogen-bond acceptors (Lipinski definition) is 6. The first kappa shape index (κ1) is 25.6. The lowest BCUT2D eigenvalue weighted by Crippen LogP contribution is -2.58. The monoisotopic (exact) mass is 566 g/mol. The molecule has 13 heteroatoms. The smallest absolute Gasteiger partial charge is 0.276 e. The number of nitrogens with one attached hydrogen (secondary N) is 1. The van der Waals surface area contributed by atoms with E-state index in [1.165, 1.54) is 12.1 Å². The third kappa shape index (κ3) is 5.21. The maximum Gasteiger partial charge on any atom is 0.276 e. The summed E-state index contributed by atoms with van der Waals surface area (Å²) in [5, 5.41) is 4.30. The van der Waals surface area contributed by atoms with Crippen LogP contribution in [0, 0.1) is 18.6 Å². The van der Waals surface area contributed by atoms with Gasteiger partial charge in [-0.25, -0.2) is 18.7 Å². The van der Waals surface area contributed by atoms with Gasteiger partial charge in [0.05, 0.1) is 38.4 Å². The second kappa shape index (κ2) is 9.70. The molecular formula is C24H22Cl2F2N6O2S. The van der Waals surface area contributed by atoms with Gasteiger partial charge in [-0.3, -0.25) is 0 Å². The van der Waals surface area contributed by atoms with Crippen LogP contribution in [-0.4, -0.2) is 54.3 Å². The first-order chi connectivity index (χ1) is 17.6. The third-order valence-corrected chi connectivity index (χ3v) is 8.28. The summed E-state index contributed by atoms with van der Waals surface area (Å²) in [5.74, 6) is -0.580. The molecule has 1 spiro atoms. The van der Waals surface area contributed by atoms with E-state index in [1.54, 1.807) is 12.1 Å². The van der Waals surface area contributed by atoms with Crippen molar-refractivity contribution in [1.82, 2.24) is 19.7 Å². The van der Waals surface area contributed by atoms with Crippen LogP contribution in [0.4, 0.5) is 14.7 Å². The number of benzene rings is 2. The third-order valence-electron chi connectivity index (χ3n) is 6.46. The Morgan fingerprint density at radius 2 is 1.65 bits per heavy atom. The number of sulfonamides is 1. The fourth-order valence-electron chi connectivity index (χ4n) is 4.40. The van der Waals surface area contributed by atoms with Crippen LogP contribution in [-0.2, 0) is 10.0 Å². The number of nitrogens with zero attached hydrogens (tertiary/aromatic N) is 5. The summed E-state index contributed by atoms with van der Waals surface area (Å²) in [4.78, 5) is 14.4. The fourth-order valence-corrected chi connectivity index (χ4v) is 5.84. The summed E-state index contributed by atoms with van der Waals surface area (Å²) in [6.45, 7) is 3.16. The van der Waals surface area contributed by atoms with Crippen LogP contribution in [0.15, 0.2) is 58.8 Å². The average molecular weight is 567 g/mol. The van der Waals surface area contributed by atoms with E-state index in [1.807, 2.05) is 16.7 Å². The van der Waals surface area contributed by atoms with Crippen LogP contribution in [0.5, 0.6) is 0 Å². The highest BCUT2D eigenvalue weighted by atomic mass is 35.5. The van der Waals surface area contributed by atoms with Gasteiger partial charge in [-0.2, -0.15) is 13.2 Å². The van der Waals surface area contributed by atoms with Crippen molar-refractivity contribution >= 4 is 45.0 Å². The summed E-state index contributed by atoms with van der Waals surface area (Å²) in [5.41, 5.74) is 0.686. The molecule has 1 aliphatic heterocycles. The van der Waals surface area contributed by atoms with Gasteiger partial charge in [-0.05, 0) is 44.0 Å². The Bertz CT molecular complexity index is 1440. The Kier molecular flexibility index (Phi) is 6.71. The van der Waals surface area contributed by atoms with Crippen LogP contribution in [0.2, 0.25) is 10.0 Å². The summed E-state index contributed by atoms with van der Waals surface area (Å²) in [6.07, 6.45) is 3.76. The van der Waals surface area contributed by atoms with Crippen LogP contribution in [0.1, 0.15) is 24.0 Å². The molecule has 2 aliphatic rings. The lowest BCUT2D eigenvalue weighted by molar-refractivity contribution is 0.258. The minimum Gasteiger partial charge on any atom is -0.345 e. The maximum absolute atomic E-state index is 14.0. The Balaban J connectivity index is 1.52. The van der Waals surface area contributed by atoms with Gasteiger partial charge in [0.1, 0.15) is 5.82 Å². The van der Waals surface area contributed by atoms with Crippen LogP contribution in [0.3, 0.4) is 0 Å². The van der Waals surface area contributed by atoms with Crippen LogP contribution < -0.4 is 9.73 Å². The zero-order chi connectivity index (χ0) is 26.4. The van der Waals surface area contributed by atoms with Crippen LogP contribution >= 0.6 is 23.2 Å². The Morgan fingerprint density at radius 3 is 2.24 bits per heavy atom. The first-order valence-electron chi connectivity index (χ1n) is 11.4. The molecule has 37 heavy (non-hydrogen) atoms. The summed E-state index contributed by atoms with van der Waals surface area (Å²) < 4.78 is 53.3. The molecule has 8 nitrogen and oxygen atoms in total. The summed E-state index contributed by atoms with van der Waals surface area (Å²) >= 11 is 12.8. The zero-order valence-electron chi connectivity index (χ0n) is 19.6. The molecule has 0 bridgehead atoms. The molecule has 1 aromatic heterocycles. The van der Waals surface area contributed by atoms with Crippen molar-refractivity contribution in [1.29, 1.82) is 0 Å². The molecule has 0 atom stereocenters. The number of piperazine rings is 1. The van der Waals surface area contributed by atoms with Gasteiger partial charge in [-0.15, -0.1) is 5.10 Å². The lowest BCUT2D eigenvalue weighted by Gasteiger charge is -2.44. The molecule has 0 amide bonds. The van der Waals surface area contributed by atoms with Crippen LogP contribution in [0.25, 0.3) is 0 Å². The van der Waals surface area contributed by atoms with E-state index in [2.05, 4.69) is 19.9 Å². The molecular weight excluding hydrogens is 545 g/mol. The molecule has 0 unspecified atom stereocenters. The molecule has 1 saturated carbocycles. The van der Waals surface area contributed by atoms with E-state index in [9.17, 15) is 17.2 Å². The second-order valence-corrected chi connectivity index (χ2v) is 11.6. The maximum atomic E-state index is 14.0. The summed E-state index contributed by atoms with van der Waals surface area (Å²) in [7, 11) is -4.02. The molecule has 194 valence electrons. The minimum absolute atomic E-state index is 0.00150. The van der Waals surface area contributed by atoms with Gasteiger partial charge in [-0.1, -0.05) is 40.9 Å². The van der Waals surface area contributed by atoms with Gasteiger partial charge < -0.3 is 9.80 Å². The molecule has 2 fully saturated rings. The van der Waals surface area contributed by atoms with Gasteiger partial charge in [0.25, 0.3) is 10.0 Å². The average Bonchev–Trinajstić information content (AvgIpc) is 3.61. The standard InChI is InChI=1S/C24H22Cl2F2N6O2S/c1-15-2-4-18(5-3-15)37(35,36)32-31-22(21-19(25)10-16(27)11-20(21)26)34-9-8-33(14-24(34)6-7-24)23-29-12-17(28)13-30-23/h2-5,10-13,32H,6-9,14H2,1H3/b31-22-. The number of aryl methyl sites for hydroxylation is 1. The number of amidine groups is 1. The van der Waals surface area contributed by atoms with Crippen molar-refractivity contribution in [2.24, 2.45) is 5.10 Å². The van der Waals surface area contributed by atoms with Crippen molar-refractivity contribution in [3.8, 4) is 0 Å². The van der Waals surface area contributed by atoms with E-state index >= 15 is 0 Å². The Hall–Kier alpha value is -3.02. The highest BCUT2D eigenvalue weighted by Gasteiger charge is 2.53. The van der Waals surface area contributed by atoms with Crippen molar-refractivity contribution < 1.29 is 17.2 Å². The van der Waals surface area contributed by atoms with E-state index in [-0.39, 0.29) is 26.3 Å². The summed E-state index contributed by atoms with van der Waals surface area (Å²) in [6, 6.07) is 8.54. The highest BCUT2D eigenvalue weighted by molar-refractivity contribution is 7.89. The van der Waals surface area contributed by atoms with Gasteiger partial charge in [0.2, 0.25) is 5.95 Å². The fraction of sp³-hybridized carbons (Fsp3) is 0.292. The van der Waals surface area contributed by atoms with Crippen molar-refractivity contribution in [2.75, 3.05) is 24.5 Å². The number of hydrogen-bond donors (Lipinski definition) is 1. The number of hydrazone groups is 1.